The highest BCUT2D eigenvalue weighted by molar-refractivity contribution is 7.89. The lowest BCUT2D eigenvalue weighted by Crippen LogP contribution is -2.40. The minimum atomic E-state index is -5.36. The fraction of sp³-hybridized carbons (Fsp3) is 0.529. The number of nitrogens with zero attached hydrogens (tertiary/aromatic N) is 1. The Kier molecular flexibility index (Phi) is 6.46. The fourth-order valence-corrected chi connectivity index (χ4v) is 3.77. The van der Waals surface area contributed by atoms with E-state index >= 15 is 0 Å². The SMILES string of the molecule is O=S(=O)(N(C/C=C/C1CCCCC1)Cc1ccccc1)C(F)(F)F. The Labute approximate surface area is 141 Å². The zero-order valence-electron chi connectivity index (χ0n) is 13.4. The van der Waals surface area contributed by atoms with E-state index in [1.165, 1.54) is 6.42 Å². The molecule has 0 amide bonds. The molecule has 7 heteroatoms. The maximum absolute atomic E-state index is 12.9. The average molecular weight is 361 g/mol. The van der Waals surface area contributed by atoms with Crippen molar-refractivity contribution in [1.82, 2.24) is 4.31 Å². The predicted octanol–water partition coefficient (Wildman–Crippen LogP) is 4.47. The summed E-state index contributed by atoms with van der Waals surface area (Å²) in [6, 6.07) is 8.31. The number of benzene rings is 1. The Hall–Kier alpha value is -1.34. The Morgan fingerprint density at radius 3 is 2.29 bits per heavy atom. The number of allylic oxidation sites excluding steroid dienone is 1. The molecule has 0 radical (unpaired) electrons. The zero-order valence-corrected chi connectivity index (χ0v) is 14.2. The van der Waals surface area contributed by atoms with E-state index in [9.17, 15) is 21.6 Å². The third-order valence-electron chi connectivity index (χ3n) is 4.20. The molecule has 0 aliphatic heterocycles. The van der Waals surface area contributed by atoms with Crippen molar-refractivity contribution < 1.29 is 21.6 Å². The van der Waals surface area contributed by atoms with Crippen LogP contribution in [0.2, 0.25) is 0 Å². The second-order valence-corrected chi connectivity index (χ2v) is 7.98. The van der Waals surface area contributed by atoms with Gasteiger partial charge in [0.25, 0.3) is 0 Å². The molecule has 0 aromatic heterocycles. The van der Waals surface area contributed by atoms with Crippen LogP contribution in [0.15, 0.2) is 42.5 Å². The molecule has 1 aromatic rings. The maximum Gasteiger partial charge on any atom is 0.511 e. The van der Waals surface area contributed by atoms with Crippen molar-refractivity contribution in [3.63, 3.8) is 0 Å². The molecule has 0 bridgehead atoms. The lowest BCUT2D eigenvalue weighted by Gasteiger charge is -2.23. The van der Waals surface area contributed by atoms with Crippen molar-refractivity contribution in [3.8, 4) is 0 Å². The summed E-state index contributed by atoms with van der Waals surface area (Å²) >= 11 is 0. The lowest BCUT2D eigenvalue weighted by molar-refractivity contribution is -0.0488. The molecular weight excluding hydrogens is 339 g/mol. The molecule has 1 fully saturated rings. The van der Waals surface area contributed by atoms with Gasteiger partial charge in [-0.15, -0.1) is 0 Å². The molecule has 1 saturated carbocycles. The van der Waals surface area contributed by atoms with Crippen LogP contribution in [-0.4, -0.2) is 24.8 Å². The van der Waals surface area contributed by atoms with Gasteiger partial charge in [-0.05, 0) is 24.3 Å². The number of hydrogen-bond donors (Lipinski definition) is 0. The van der Waals surface area contributed by atoms with Crippen molar-refractivity contribution in [2.75, 3.05) is 6.54 Å². The third-order valence-corrected chi connectivity index (χ3v) is 5.74. The van der Waals surface area contributed by atoms with Crippen LogP contribution in [0.5, 0.6) is 0 Å². The van der Waals surface area contributed by atoms with Gasteiger partial charge in [-0.3, -0.25) is 0 Å². The van der Waals surface area contributed by atoms with E-state index in [2.05, 4.69) is 0 Å². The van der Waals surface area contributed by atoms with E-state index in [0.717, 1.165) is 25.7 Å². The molecule has 0 heterocycles. The van der Waals surface area contributed by atoms with Gasteiger partial charge in [-0.2, -0.15) is 17.5 Å². The highest BCUT2D eigenvalue weighted by atomic mass is 32.2. The van der Waals surface area contributed by atoms with Gasteiger partial charge in [0.1, 0.15) is 0 Å². The zero-order chi connectivity index (χ0) is 17.6. The predicted molar refractivity (Wildman–Crippen MR) is 87.5 cm³/mol. The minimum Gasteiger partial charge on any atom is -0.203 e. The first kappa shape index (κ1) is 19.0. The van der Waals surface area contributed by atoms with Crippen molar-refractivity contribution in [2.24, 2.45) is 5.92 Å². The second kappa shape index (κ2) is 8.16. The van der Waals surface area contributed by atoms with E-state index in [4.69, 9.17) is 0 Å². The van der Waals surface area contributed by atoms with E-state index < -0.39 is 15.5 Å². The van der Waals surface area contributed by atoms with Crippen molar-refractivity contribution >= 4 is 10.0 Å². The van der Waals surface area contributed by atoms with Gasteiger partial charge >= 0.3 is 15.5 Å². The van der Waals surface area contributed by atoms with Crippen LogP contribution in [0.25, 0.3) is 0 Å². The molecular formula is C17H22F3NO2S. The molecule has 0 spiro atoms. The molecule has 1 aromatic carbocycles. The topological polar surface area (TPSA) is 37.4 Å². The van der Waals surface area contributed by atoms with Gasteiger partial charge in [0, 0.05) is 13.1 Å². The van der Waals surface area contributed by atoms with Crippen LogP contribution < -0.4 is 0 Å². The molecule has 2 rings (SSSR count). The van der Waals surface area contributed by atoms with Crippen LogP contribution in [-0.2, 0) is 16.6 Å². The van der Waals surface area contributed by atoms with E-state index in [-0.39, 0.29) is 13.1 Å². The van der Waals surface area contributed by atoms with Crippen LogP contribution in [0.1, 0.15) is 37.7 Å². The summed E-state index contributed by atoms with van der Waals surface area (Å²) in [5.74, 6) is 0.339. The van der Waals surface area contributed by atoms with E-state index in [1.807, 2.05) is 6.08 Å². The summed E-state index contributed by atoms with van der Waals surface area (Å²) in [6.07, 6.45) is 8.87. The highest BCUT2D eigenvalue weighted by Crippen LogP contribution is 2.28. The fourth-order valence-electron chi connectivity index (χ4n) is 2.88. The molecule has 1 aliphatic rings. The first-order valence-corrected chi connectivity index (χ1v) is 9.52. The van der Waals surface area contributed by atoms with E-state index in [1.54, 1.807) is 36.4 Å². The number of hydrogen-bond acceptors (Lipinski definition) is 2. The molecule has 0 unspecified atom stereocenters. The molecule has 134 valence electrons. The van der Waals surface area contributed by atoms with Crippen molar-refractivity contribution in [3.05, 3.63) is 48.0 Å². The third kappa shape index (κ3) is 5.08. The van der Waals surface area contributed by atoms with Gasteiger partial charge < -0.3 is 0 Å². The van der Waals surface area contributed by atoms with Gasteiger partial charge in [0.2, 0.25) is 0 Å². The summed E-state index contributed by atoms with van der Waals surface area (Å²) in [4.78, 5) is 0. The number of sulfonamides is 1. The smallest absolute Gasteiger partial charge is 0.203 e. The normalized spacial score (nSPS) is 17.7. The molecule has 1 aliphatic carbocycles. The average Bonchev–Trinajstić information content (AvgIpc) is 2.55. The van der Waals surface area contributed by atoms with Crippen molar-refractivity contribution in [1.29, 1.82) is 0 Å². The van der Waals surface area contributed by atoms with Gasteiger partial charge in [0.05, 0.1) is 0 Å². The van der Waals surface area contributed by atoms with Crippen LogP contribution in [0.4, 0.5) is 13.2 Å². The van der Waals surface area contributed by atoms with Crippen LogP contribution in [0, 0.1) is 5.92 Å². The second-order valence-electron chi connectivity index (χ2n) is 6.06. The Bertz CT molecular complexity index is 636. The lowest BCUT2D eigenvalue weighted by atomic mass is 9.89. The molecule has 0 saturated heterocycles. The monoisotopic (exact) mass is 361 g/mol. The quantitative estimate of drug-likeness (QED) is 0.701. The molecule has 3 nitrogen and oxygen atoms in total. The minimum absolute atomic E-state index is 0.271. The largest absolute Gasteiger partial charge is 0.511 e. The number of rotatable bonds is 6. The van der Waals surface area contributed by atoms with Crippen molar-refractivity contribution in [2.45, 2.75) is 44.2 Å². The van der Waals surface area contributed by atoms with Crippen LogP contribution in [0.3, 0.4) is 0 Å². The molecule has 0 N–H and O–H groups in total. The molecule has 0 atom stereocenters. The Morgan fingerprint density at radius 1 is 1.08 bits per heavy atom. The number of halogens is 3. The Morgan fingerprint density at radius 2 is 1.71 bits per heavy atom. The van der Waals surface area contributed by atoms with Gasteiger partial charge in [-0.25, -0.2) is 8.42 Å². The molecule has 24 heavy (non-hydrogen) atoms. The first-order chi connectivity index (χ1) is 11.3. The Balaban J connectivity index is 2.11. The summed E-state index contributed by atoms with van der Waals surface area (Å²) < 4.78 is 62.8. The maximum atomic E-state index is 12.9. The number of alkyl halides is 3. The first-order valence-electron chi connectivity index (χ1n) is 8.08. The van der Waals surface area contributed by atoms with Gasteiger partial charge in [-0.1, -0.05) is 61.7 Å². The summed E-state index contributed by atoms with van der Waals surface area (Å²) in [5, 5.41) is 0. The highest BCUT2D eigenvalue weighted by Gasteiger charge is 2.49. The summed E-state index contributed by atoms with van der Waals surface area (Å²) in [5.41, 5.74) is -4.77. The van der Waals surface area contributed by atoms with Gasteiger partial charge in [0.15, 0.2) is 0 Å². The van der Waals surface area contributed by atoms with E-state index in [0.29, 0.717) is 15.8 Å². The summed E-state index contributed by atoms with van der Waals surface area (Å²) in [6.45, 7) is -0.565. The van der Waals surface area contributed by atoms with Crippen LogP contribution >= 0.6 is 0 Å². The summed E-state index contributed by atoms with van der Waals surface area (Å²) in [7, 11) is -5.36. The standard InChI is InChI=1S/C17H22F3NO2S/c18-17(19,20)24(22,23)21(14-16-10-5-2-6-11-16)13-7-12-15-8-3-1-4-9-15/h2,5-7,10-12,15H,1,3-4,8-9,13-14H2/b12-7+.